The van der Waals surface area contributed by atoms with Crippen LogP contribution in [0.25, 0.3) is 0 Å². The van der Waals surface area contributed by atoms with E-state index in [-0.39, 0.29) is 11.5 Å². The van der Waals surface area contributed by atoms with Crippen molar-refractivity contribution in [2.75, 3.05) is 5.75 Å². The lowest BCUT2D eigenvalue weighted by molar-refractivity contribution is 0.588. The number of halogens is 2. The topological polar surface area (TPSA) is 60.2 Å². The molecule has 1 aromatic carbocycles. The molecule has 0 aromatic heterocycles. The minimum absolute atomic E-state index is 0.0961. The smallest absolute Gasteiger partial charge is 0.155 e. The predicted octanol–water partition coefficient (Wildman–Crippen LogP) is 1.85. The van der Waals surface area contributed by atoms with Crippen molar-refractivity contribution in [2.24, 2.45) is 5.73 Å². The van der Waals surface area contributed by atoms with Crippen LogP contribution in [0.1, 0.15) is 12.5 Å². The molecule has 0 aliphatic rings. The van der Waals surface area contributed by atoms with Gasteiger partial charge in [0.15, 0.2) is 9.84 Å². The Labute approximate surface area is 103 Å². The summed E-state index contributed by atoms with van der Waals surface area (Å²) in [6.07, 6.45) is 0. The SMILES string of the molecule is CC(N)CS(=O)(=O)Cc1cc(F)cc(Br)c1. The van der Waals surface area contributed by atoms with Gasteiger partial charge in [-0.3, -0.25) is 0 Å². The van der Waals surface area contributed by atoms with Crippen molar-refractivity contribution in [1.29, 1.82) is 0 Å². The molecule has 1 rings (SSSR count). The lowest BCUT2D eigenvalue weighted by Gasteiger charge is -2.07. The molecule has 1 unspecified atom stereocenters. The Balaban J connectivity index is 2.88. The fourth-order valence-corrected chi connectivity index (χ4v) is 3.51. The first-order valence-electron chi connectivity index (χ1n) is 4.69. The molecular formula is C10H13BrFNO2S. The van der Waals surface area contributed by atoms with Crippen molar-refractivity contribution >= 4 is 25.8 Å². The van der Waals surface area contributed by atoms with Crippen LogP contribution in [0.3, 0.4) is 0 Å². The molecule has 3 nitrogen and oxygen atoms in total. The molecule has 1 atom stereocenters. The summed E-state index contributed by atoms with van der Waals surface area (Å²) < 4.78 is 36.8. The molecular weight excluding hydrogens is 297 g/mol. The first-order chi connectivity index (χ1) is 7.28. The first-order valence-corrected chi connectivity index (χ1v) is 7.31. The fraction of sp³-hybridized carbons (Fsp3) is 0.400. The van der Waals surface area contributed by atoms with Gasteiger partial charge in [-0.05, 0) is 30.7 Å². The van der Waals surface area contributed by atoms with Gasteiger partial charge in [0.25, 0.3) is 0 Å². The molecule has 6 heteroatoms. The van der Waals surface area contributed by atoms with Crippen LogP contribution in [0, 0.1) is 5.82 Å². The average molecular weight is 310 g/mol. The highest BCUT2D eigenvalue weighted by atomic mass is 79.9. The highest BCUT2D eigenvalue weighted by molar-refractivity contribution is 9.10. The molecule has 0 spiro atoms. The number of sulfone groups is 1. The summed E-state index contributed by atoms with van der Waals surface area (Å²) in [5.41, 5.74) is 5.85. The normalized spacial score (nSPS) is 13.8. The second kappa shape index (κ2) is 5.25. The van der Waals surface area contributed by atoms with Crippen molar-refractivity contribution in [1.82, 2.24) is 0 Å². The molecule has 0 saturated carbocycles. The third-order valence-electron chi connectivity index (χ3n) is 1.83. The molecule has 90 valence electrons. The van der Waals surface area contributed by atoms with E-state index in [4.69, 9.17) is 5.73 Å². The van der Waals surface area contributed by atoms with Crippen LogP contribution in [0.2, 0.25) is 0 Å². The summed E-state index contributed by atoms with van der Waals surface area (Å²) >= 11 is 3.11. The summed E-state index contributed by atoms with van der Waals surface area (Å²) in [5.74, 6) is -0.744. The lowest BCUT2D eigenvalue weighted by Crippen LogP contribution is -2.27. The third kappa shape index (κ3) is 4.59. The van der Waals surface area contributed by atoms with E-state index in [9.17, 15) is 12.8 Å². The lowest BCUT2D eigenvalue weighted by atomic mass is 10.2. The van der Waals surface area contributed by atoms with Crippen LogP contribution < -0.4 is 5.73 Å². The van der Waals surface area contributed by atoms with Crippen LogP contribution >= 0.6 is 15.9 Å². The molecule has 0 heterocycles. The average Bonchev–Trinajstić information content (AvgIpc) is 1.95. The molecule has 2 N–H and O–H groups in total. The molecule has 0 aliphatic heterocycles. The van der Waals surface area contributed by atoms with Gasteiger partial charge in [0.05, 0.1) is 11.5 Å². The maximum absolute atomic E-state index is 13.0. The van der Waals surface area contributed by atoms with Gasteiger partial charge in [0, 0.05) is 10.5 Å². The van der Waals surface area contributed by atoms with Crippen molar-refractivity contribution in [2.45, 2.75) is 18.7 Å². The Morgan fingerprint density at radius 3 is 2.56 bits per heavy atom. The van der Waals surface area contributed by atoms with E-state index in [1.54, 1.807) is 13.0 Å². The highest BCUT2D eigenvalue weighted by Gasteiger charge is 2.15. The van der Waals surface area contributed by atoms with Crippen molar-refractivity contribution in [3.63, 3.8) is 0 Å². The standard InChI is InChI=1S/C10H13BrFNO2S/c1-7(13)5-16(14,15)6-8-2-9(11)4-10(12)3-8/h2-4,7H,5-6,13H2,1H3. The van der Waals surface area contributed by atoms with E-state index in [1.165, 1.54) is 12.1 Å². The van der Waals surface area contributed by atoms with E-state index in [2.05, 4.69) is 15.9 Å². The number of hydrogen-bond acceptors (Lipinski definition) is 3. The first kappa shape index (κ1) is 13.6. The van der Waals surface area contributed by atoms with E-state index in [0.29, 0.717) is 10.0 Å². The van der Waals surface area contributed by atoms with Crippen molar-refractivity contribution in [3.8, 4) is 0 Å². The summed E-state index contributed by atoms with van der Waals surface area (Å²) in [6.45, 7) is 1.62. The Kier molecular flexibility index (Phi) is 4.46. The molecule has 0 aliphatic carbocycles. The van der Waals surface area contributed by atoms with Crippen LogP contribution in [-0.4, -0.2) is 20.2 Å². The van der Waals surface area contributed by atoms with Gasteiger partial charge in [0.2, 0.25) is 0 Å². The van der Waals surface area contributed by atoms with Crippen molar-refractivity contribution < 1.29 is 12.8 Å². The van der Waals surface area contributed by atoms with E-state index in [1.807, 2.05) is 0 Å². The van der Waals surface area contributed by atoms with Gasteiger partial charge in [-0.1, -0.05) is 15.9 Å². The largest absolute Gasteiger partial charge is 0.327 e. The van der Waals surface area contributed by atoms with Crippen LogP contribution in [0.4, 0.5) is 4.39 Å². The fourth-order valence-electron chi connectivity index (χ4n) is 1.41. The molecule has 0 saturated heterocycles. The van der Waals surface area contributed by atoms with Gasteiger partial charge < -0.3 is 5.73 Å². The monoisotopic (exact) mass is 309 g/mol. The van der Waals surface area contributed by atoms with E-state index < -0.39 is 21.7 Å². The predicted molar refractivity (Wildman–Crippen MR) is 65.2 cm³/mol. The molecule has 1 aromatic rings. The highest BCUT2D eigenvalue weighted by Crippen LogP contribution is 2.17. The quantitative estimate of drug-likeness (QED) is 0.923. The zero-order chi connectivity index (χ0) is 12.3. The zero-order valence-corrected chi connectivity index (χ0v) is 11.2. The minimum atomic E-state index is -3.28. The number of rotatable bonds is 4. The summed E-state index contributed by atoms with van der Waals surface area (Å²) in [5, 5.41) is 0. The van der Waals surface area contributed by atoms with Crippen molar-refractivity contribution in [3.05, 3.63) is 34.1 Å². The Morgan fingerprint density at radius 1 is 1.44 bits per heavy atom. The van der Waals surface area contributed by atoms with Crippen LogP contribution in [0.15, 0.2) is 22.7 Å². The van der Waals surface area contributed by atoms with Gasteiger partial charge in [-0.15, -0.1) is 0 Å². The Hall–Kier alpha value is -0.460. The molecule has 0 fully saturated rings. The number of benzene rings is 1. The van der Waals surface area contributed by atoms with E-state index in [0.717, 1.165) is 0 Å². The van der Waals surface area contributed by atoms with Gasteiger partial charge in [-0.25, -0.2) is 12.8 Å². The molecule has 0 radical (unpaired) electrons. The maximum atomic E-state index is 13.0. The number of nitrogens with two attached hydrogens (primary N) is 1. The molecule has 0 bridgehead atoms. The summed E-state index contributed by atoms with van der Waals surface area (Å²) in [6, 6.07) is 3.66. The number of hydrogen-bond donors (Lipinski definition) is 1. The summed E-state index contributed by atoms with van der Waals surface area (Å²) in [7, 11) is -3.28. The van der Waals surface area contributed by atoms with Gasteiger partial charge in [0.1, 0.15) is 5.82 Å². The zero-order valence-electron chi connectivity index (χ0n) is 8.78. The molecule has 0 amide bonds. The molecule has 16 heavy (non-hydrogen) atoms. The Bertz CT molecular complexity index is 453. The Morgan fingerprint density at radius 2 is 2.06 bits per heavy atom. The minimum Gasteiger partial charge on any atom is -0.327 e. The van der Waals surface area contributed by atoms with Crippen LogP contribution in [-0.2, 0) is 15.6 Å². The van der Waals surface area contributed by atoms with Gasteiger partial charge >= 0.3 is 0 Å². The third-order valence-corrected chi connectivity index (χ3v) is 4.09. The van der Waals surface area contributed by atoms with Gasteiger partial charge in [-0.2, -0.15) is 0 Å². The summed E-state index contributed by atoms with van der Waals surface area (Å²) in [4.78, 5) is 0. The van der Waals surface area contributed by atoms with E-state index >= 15 is 0 Å². The second-order valence-corrected chi connectivity index (χ2v) is 6.83. The second-order valence-electron chi connectivity index (χ2n) is 3.81. The van der Waals surface area contributed by atoms with Crippen LogP contribution in [0.5, 0.6) is 0 Å². The maximum Gasteiger partial charge on any atom is 0.155 e.